The number of carboxylic acids is 1. The normalized spacial score (nSPS) is 11.0. The molecule has 0 fully saturated rings. The van der Waals surface area contributed by atoms with Crippen LogP contribution in [0.5, 0.6) is 0 Å². The Hall–Kier alpha value is -1.33. The topological polar surface area (TPSA) is 73.9 Å². The van der Waals surface area contributed by atoms with Gasteiger partial charge in [0.25, 0.3) is 0 Å². The maximum Gasteiger partial charge on any atom is 0.338 e. The molecule has 2 N–H and O–H groups in total. The van der Waals surface area contributed by atoms with Gasteiger partial charge in [0.05, 0.1) is 12.1 Å². The highest BCUT2D eigenvalue weighted by Crippen LogP contribution is 2.10. The SMILES string of the molecule is CN(CCCCCO)Cc1cc(C(=O)O)co1. The monoisotopic (exact) mass is 241 g/mol. The molecular weight excluding hydrogens is 222 g/mol. The Morgan fingerprint density at radius 2 is 2.18 bits per heavy atom. The summed E-state index contributed by atoms with van der Waals surface area (Å²) in [6, 6.07) is 1.55. The predicted octanol–water partition coefficient (Wildman–Crippen LogP) is 1.57. The summed E-state index contributed by atoms with van der Waals surface area (Å²) in [4.78, 5) is 12.7. The molecule has 0 amide bonds. The smallest absolute Gasteiger partial charge is 0.338 e. The minimum absolute atomic E-state index is 0.189. The second-order valence-corrected chi connectivity index (χ2v) is 4.13. The van der Waals surface area contributed by atoms with Crippen LogP contribution < -0.4 is 0 Å². The Kier molecular flexibility index (Phi) is 5.72. The van der Waals surface area contributed by atoms with Gasteiger partial charge < -0.3 is 14.6 Å². The lowest BCUT2D eigenvalue weighted by atomic mass is 10.2. The molecule has 0 bridgehead atoms. The number of nitrogens with zero attached hydrogens (tertiary/aromatic N) is 1. The lowest BCUT2D eigenvalue weighted by Gasteiger charge is -2.14. The molecule has 0 spiro atoms. The highest BCUT2D eigenvalue weighted by molar-refractivity contribution is 5.87. The van der Waals surface area contributed by atoms with E-state index >= 15 is 0 Å². The van der Waals surface area contributed by atoms with E-state index in [-0.39, 0.29) is 12.2 Å². The van der Waals surface area contributed by atoms with Gasteiger partial charge in [-0.1, -0.05) is 0 Å². The molecule has 0 unspecified atom stereocenters. The summed E-state index contributed by atoms with van der Waals surface area (Å²) in [5, 5.41) is 17.4. The number of carbonyl (C=O) groups is 1. The fourth-order valence-electron chi connectivity index (χ4n) is 1.59. The molecule has 1 rings (SSSR count). The molecule has 1 heterocycles. The molecule has 0 radical (unpaired) electrons. The summed E-state index contributed by atoms with van der Waals surface area (Å²) in [6.45, 7) is 1.75. The van der Waals surface area contributed by atoms with Crippen LogP contribution in [0.2, 0.25) is 0 Å². The molecule has 0 aliphatic carbocycles. The minimum atomic E-state index is -0.967. The Morgan fingerprint density at radius 1 is 1.41 bits per heavy atom. The maximum atomic E-state index is 10.6. The Bertz CT molecular complexity index is 348. The van der Waals surface area contributed by atoms with Crippen LogP contribution in [-0.2, 0) is 6.54 Å². The highest BCUT2D eigenvalue weighted by atomic mass is 16.4. The van der Waals surface area contributed by atoms with Crippen molar-refractivity contribution in [2.24, 2.45) is 0 Å². The average molecular weight is 241 g/mol. The first-order chi connectivity index (χ1) is 8.13. The molecule has 5 nitrogen and oxygen atoms in total. The van der Waals surface area contributed by atoms with Crippen molar-refractivity contribution in [3.05, 3.63) is 23.7 Å². The molecule has 5 heteroatoms. The number of aliphatic hydroxyl groups is 1. The van der Waals surface area contributed by atoms with Crippen molar-refractivity contribution in [2.75, 3.05) is 20.2 Å². The van der Waals surface area contributed by atoms with E-state index in [4.69, 9.17) is 14.6 Å². The Morgan fingerprint density at radius 3 is 2.76 bits per heavy atom. The van der Waals surface area contributed by atoms with Crippen LogP contribution >= 0.6 is 0 Å². The highest BCUT2D eigenvalue weighted by Gasteiger charge is 2.09. The number of carboxylic acid groups (broad SMARTS) is 1. The zero-order valence-corrected chi connectivity index (χ0v) is 10.1. The molecule has 0 aliphatic heterocycles. The van der Waals surface area contributed by atoms with Gasteiger partial charge in [0.15, 0.2) is 0 Å². The fraction of sp³-hybridized carbons (Fsp3) is 0.583. The van der Waals surface area contributed by atoms with Gasteiger partial charge in [0.1, 0.15) is 12.0 Å². The number of aromatic carboxylic acids is 1. The average Bonchev–Trinajstić information content (AvgIpc) is 2.73. The van der Waals surface area contributed by atoms with Crippen LogP contribution in [0.1, 0.15) is 35.4 Å². The van der Waals surface area contributed by atoms with Gasteiger partial charge in [0, 0.05) is 6.61 Å². The lowest BCUT2D eigenvalue weighted by molar-refractivity contribution is 0.0696. The van der Waals surface area contributed by atoms with Crippen molar-refractivity contribution in [2.45, 2.75) is 25.8 Å². The van der Waals surface area contributed by atoms with E-state index in [9.17, 15) is 4.79 Å². The number of hydrogen-bond donors (Lipinski definition) is 2. The first kappa shape index (κ1) is 13.7. The van der Waals surface area contributed by atoms with Gasteiger partial charge in [0.2, 0.25) is 0 Å². The summed E-state index contributed by atoms with van der Waals surface area (Å²) >= 11 is 0. The summed E-state index contributed by atoms with van der Waals surface area (Å²) in [5.74, 6) is -0.308. The van der Waals surface area contributed by atoms with Gasteiger partial charge in [-0.15, -0.1) is 0 Å². The minimum Gasteiger partial charge on any atom is -0.478 e. The zero-order chi connectivity index (χ0) is 12.7. The van der Waals surface area contributed by atoms with E-state index in [1.165, 1.54) is 6.26 Å². The predicted molar refractivity (Wildman–Crippen MR) is 62.9 cm³/mol. The molecule has 1 aromatic rings. The van der Waals surface area contributed by atoms with E-state index in [2.05, 4.69) is 4.90 Å². The van der Waals surface area contributed by atoms with Crippen molar-refractivity contribution < 1.29 is 19.4 Å². The third kappa shape index (κ3) is 5.01. The third-order valence-electron chi connectivity index (χ3n) is 2.52. The van der Waals surface area contributed by atoms with Crippen molar-refractivity contribution in [1.29, 1.82) is 0 Å². The molecule has 17 heavy (non-hydrogen) atoms. The van der Waals surface area contributed by atoms with E-state index in [1.54, 1.807) is 6.07 Å². The molecule has 96 valence electrons. The molecule has 0 aliphatic rings. The maximum absolute atomic E-state index is 10.6. The summed E-state index contributed by atoms with van der Waals surface area (Å²) in [6.07, 6.45) is 4.11. The number of furan rings is 1. The zero-order valence-electron chi connectivity index (χ0n) is 10.1. The van der Waals surface area contributed by atoms with Gasteiger partial charge in [-0.05, 0) is 38.9 Å². The Balaban J connectivity index is 2.29. The van der Waals surface area contributed by atoms with E-state index < -0.39 is 5.97 Å². The van der Waals surface area contributed by atoms with Gasteiger partial charge in [-0.2, -0.15) is 0 Å². The Labute approximate surface area is 101 Å². The van der Waals surface area contributed by atoms with Crippen molar-refractivity contribution in [1.82, 2.24) is 4.90 Å². The standard InChI is InChI=1S/C12H19NO4/c1-13(5-3-2-4-6-14)8-11-7-10(9-17-11)12(15)16/h7,9,14H,2-6,8H2,1H3,(H,15,16). The van der Waals surface area contributed by atoms with E-state index in [0.717, 1.165) is 25.8 Å². The van der Waals surface area contributed by atoms with E-state index in [0.29, 0.717) is 12.3 Å². The van der Waals surface area contributed by atoms with Crippen LogP contribution in [0.4, 0.5) is 0 Å². The van der Waals surface area contributed by atoms with Crippen molar-refractivity contribution in [3.8, 4) is 0 Å². The van der Waals surface area contributed by atoms with Crippen LogP contribution in [0.15, 0.2) is 16.7 Å². The molecule has 0 atom stereocenters. The van der Waals surface area contributed by atoms with Crippen LogP contribution in [0.25, 0.3) is 0 Å². The van der Waals surface area contributed by atoms with Gasteiger partial charge in [-0.3, -0.25) is 4.90 Å². The van der Waals surface area contributed by atoms with Crippen LogP contribution in [-0.4, -0.2) is 41.3 Å². The second kappa shape index (κ2) is 7.09. The molecule has 0 saturated carbocycles. The van der Waals surface area contributed by atoms with Crippen LogP contribution in [0, 0.1) is 0 Å². The molecule has 1 aromatic heterocycles. The fourth-order valence-corrected chi connectivity index (χ4v) is 1.59. The largest absolute Gasteiger partial charge is 0.478 e. The molecule has 0 aromatic carbocycles. The molecule has 0 saturated heterocycles. The van der Waals surface area contributed by atoms with Crippen molar-refractivity contribution in [3.63, 3.8) is 0 Å². The summed E-state index contributed by atoms with van der Waals surface area (Å²) in [7, 11) is 1.96. The first-order valence-corrected chi connectivity index (χ1v) is 5.73. The van der Waals surface area contributed by atoms with Crippen molar-refractivity contribution >= 4 is 5.97 Å². The van der Waals surface area contributed by atoms with Gasteiger partial charge >= 0.3 is 5.97 Å². The number of rotatable bonds is 8. The van der Waals surface area contributed by atoms with Crippen LogP contribution in [0.3, 0.4) is 0 Å². The second-order valence-electron chi connectivity index (χ2n) is 4.13. The summed E-state index contributed by atoms with van der Waals surface area (Å²) < 4.78 is 5.16. The van der Waals surface area contributed by atoms with Gasteiger partial charge in [-0.25, -0.2) is 4.79 Å². The number of hydrogen-bond acceptors (Lipinski definition) is 4. The number of aliphatic hydroxyl groups excluding tert-OH is 1. The first-order valence-electron chi connectivity index (χ1n) is 5.73. The third-order valence-corrected chi connectivity index (χ3v) is 2.52. The quantitative estimate of drug-likeness (QED) is 0.676. The van der Waals surface area contributed by atoms with E-state index in [1.807, 2.05) is 7.05 Å². The summed E-state index contributed by atoms with van der Waals surface area (Å²) in [5.41, 5.74) is 0.189. The lowest BCUT2D eigenvalue weighted by Crippen LogP contribution is -2.18. The molecular formula is C12H19NO4. The number of unbranched alkanes of at least 4 members (excludes halogenated alkanes) is 2.